The van der Waals surface area contributed by atoms with E-state index in [0.717, 1.165) is 16.8 Å². The van der Waals surface area contributed by atoms with Crippen LogP contribution in [-0.2, 0) is 16.4 Å². The molecule has 0 aliphatic carbocycles. The highest BCUT2D eigenvalue weighted by Crippen LogP contribution is 2.19. The van der Waals surface area contributed by atoms with Crippen LogP contribution in [0.25, 0.3) is 0 Å². The molecule has 0 unspecified atom stereocenters. The average molecular weight is 358 g/mol. The van der Waals surface area contributed by atoms with Crippen LogP contribution < -0.4 is 10.0 Å². The molecule has 2 N–H and O–H groups in total. The van der Waals surface area contributed by atoms with E-state index in [1.54, 1.807) is 26.0 Å². The Morgan fingerprint density at radius 1 is 1.22 bits per heavy atom. The highest BCUT2D eigenvalue weighted by molar-refractivity contribution is 7.88. The molecule has 126 valence electrons. The number of benzene rings is 1. The van der Waals surface area contributed by atoms with Crippen molar-refractivity contribution in [2.24, 2.45) is 0 Å². The molecule has 1 aromatic carbocycles. The molecule has 0 saturated carbocycles. The largest absolute Gasteiger partial charge is 0.358 e. The Labute approximate surface area is 139 Å². The van der Waals surface area contributed by atoms with Crippen LogP contribution in [0.15, 0.2) is 24.3 Å². The maximum Gasteiger partial charge on any atom is 0.209 e. The Morgan fingerprint density at radius 2 is 1.87 bits per heavy atom. The van der Waals surface area contributed by atoms with Gasteiger partial charge in [0.25, 0.3) is 0 Å². The lowest BCUT2D eigenvalue weighted by Crippen LogP contribution is -2.47. The summed E-state index contributed by atoms with van der Waals surface area (Å²) in [5.41, 5.74) is 0.310. The van der Waals surface area contributed by atoms with Crippen LogP contribution in [0.1, 0.15) is 24.4 Å². The van der Waals surface area contributed by atoms with E-state index >= 15 is 0 Å². The molecular weight excluding hydrogens is 339 g/mol. The van der Waals surface area contributed by atoms with Crippen molar-refractivity contribution in [1.29, 1.82) is 0 Å². The van der Waals surface area contributed by atoms with E-state index in [-0.39, 0.29) is 5.82 Å². The Bertz CT molecular complexity index is 757. The van der Waals surface area contributed by atoms with Gasteiger partial charge in [-0.2, -0.15) is 0 Å². The van der Waals surface area contributed by atoms with Gasteiger partial charge in [-0.3, -0.25) is 0 Å². The molecule has 1 aromatic heterocycles. The van der Waals surface area contributed by atoms with Gasteiger partial charge in [0.15, 0.2) is 0 Å². The van der Waals surface area contributed by atoms with E-state index in [9.17, 15) is 12.8 Å². The van der Waals surface area contributed by atoms with Gasteiger partial charge in [-0.15, -0.1) is 10.2 Å². The number of aromatic nitrogens is 2. The Morgan fingerprint density at radius 3 is 2.48 bits per heavy atom. The summed E-state index contributed by atoms with van der Waals surface area (Å²) in [6.07, 6.45) is 1.70. The molecule has 9 heteroatoms. The standard InChI is InChI=1S/C14H19FN4O2S2/c1-14(2,19-23(3,20)21)9-16-13-18-17-12(22-13)8-10-4-6-11(15)7-5-10/h4-7,19H,8-9H2,1-3H3,(H,16,18). The van der Waals surface area contributed by atoms with E-state index < -0.39 is 15.6 Å². The second kappa shape index (κ2) is 6.90. The van der Waals surface area contributed by atoms with E-state index in [2.05, 4.69) is 20.2 Å². The van der Waals surface area contributed by atoms with E-state index in [1.165, 1.54) is 23.5 Å². The molecule has 1 heterocycles. The third-order valence-electron chi connectivity index (χ3n) is 2.88. The van der Waals surface area contributed by atoms with E-state index in [4.69, 9.17) is 0 Å². The molecule has 2 rings (SSSR count). The summed E-state index contributed by atoms with van der Waals surface area (Å²) in [5.74, 6) is -0.269. The first kappa shape index (κ1) is 17.8. The summed E-state index contributed by atoms with van der Waals surface area (Å²) >= 11 is 1.39. The third kappa shape index (κ3) is 6.20. The van der Waals surface area contributed by atoms with Gasteiger partial charge in [-0.1, -0.05) is 23.5 Å². The molecule has 0 saturated heterocycles. The summed E-state index contributed by atoms with van der Waals surface area (Å²) in [7, 11) is -3.28. The Kier molecular flexibility index (Phi) is 5.33. The molecule has 6 nitrogen and oxygen atoms in total. The monoisotopic (exact) mass is 358 g/mol. The van der Waals surface area contributed by atoms with Crippen molar-refractivity contribution < 1.29 is 12.8 Å². The van der Waals surface area contributed by atoms with Crippen molar-refractivity contribution in [2.45, 2.75) is 25.8 Å². The maximum absolute atomic E-state index is 12.9. The van der Waals surface area contributed by atoms with Crippen LogP contribution in [0.3, 0.4) is 0 Å². The summed E-state index contributed by atoms with van der Waals surface area (Å²) in [6.45, 7) is 3.94. The van der Waals surface area contributed by atoms with Crippen LogP contribution in [0.2, 0.25) is 0 Å². The van der Waals surface area contributed by atoms with Crippen molar-refractivity contribution in [3.8, 4) is 0 Å². The lowest BCUT2D eigenvalue weighted by molar-refractivity contribution is 0.476. The summed E-state index contributed by atoms with van der Waals surface area (Å²) in [6, 6.07) is 6.25. The lowest BCUT2D eigenvalue weighted by atomic mass is 10.1. The average Bonchev–Trinajstić information content (AvgIpc) is 2.84. The first-order chi connectivity index (χ1) is 10.6. The SMILES string of the molecule is CC(C)(CNc1nnc(Cc2ccc(F)cc2)s1)NS(C)(=O)=O. The minimum atomic E-state index is -3.28. The number of sulfonamides is 1. The molecule has 0 bridgehead atoms. The molecule has 0 aliphatic heterocycles. The van der Waals surface area contributed by atoms with Gasteiger partial charge in [-0.25, -0.2) is 17.5 Å². The number of rotatable bonds is 7. The number of hydrogen-bond donors (Lipinski definition) is 2. The van der Waals surface area contributed by atoms with Gasteiger partial charge in [0, 0.05) is 18.5 Å². The second-order valence-electron chi connectivity index (χ2n) is 5.92. The van der Waals surface area contributed by atoms with Crippen LogP contribution in [-0.4, -0.2) is 37.0 Å². The fourth-order valence-electron chi connectivity index (χ4n) is 2.01. The molecule has 0 radical (unpaired) electrons. The first-order valence-electron chi connectivity index (χ1n) is 6.93. The van der Waals surface area contributed by atoms with Gasteiger partial charge in [0.1, 0.15) is 10.8 Å². The molecule has 0 atom stereocenters. The fraction of sp³-hybridized carbons (Fsp3) is 0.429. The minimum absolute atomic E-state index is 0.269. The molecule has 0 aliphatic rings. The van der Waals surface area contributed by atoms with Gasteiger partial charge >= 0.3 is 0 Å². The van der Waals surface area contributed by atoms with Crippen LogP contribution in [0.5, 0.6) is 0 Å². The normalized spacial score (nSPS) is 12.3. The number of halogens is 1. The summed E-state index contributed by atoms with van der Waals surface area (Å²) in [5, 5.41) is 12.6. The van der Waals surface area contributed by atoms with Crippen molar-refractivity contribution in [1.82, 2.24) is 14.9 Å². The number of hydrogen-bond acceptors (Lipinski definition) is 6. The topological polar surface area (TPSA) is 84.0 Å². The second-order valence-corrected chi connectivity index (χ2v) is 8.73. The first-order valence-corrected chi connectivity index (χ1v) is 9.63. The summed E-state index contributed by atoms with van der Waals surface area (Å²) < 4.78 is 38.0. The zero-order valence-corrected chi connectivity index (χ0v) is 14.8. The molecule has 23 heavy (non-hydrogen) atoms. The highest BCUT2D eigenvalue weighted by Gasteiger charge is 2.22. The van der Waals surface area contributed by atoms with Gasteiger partial charge in [0.05, 0.1) is 6.26 Å². The van der Waals surface area contributed by atoms with Crippen molar-refractivity contribution >= 4 is 26.5 Å². The van der Waals surface area contributed by atoms with Crippen molar-refractivity contribution in [3.05, 3.63) is 40.7 Å². The van der Waals surface area contributed by atoms with Crippen LogP contribution in [0, 0.1) is 5.82 Å². The van der Waals surface area contributed by atoms with Crippen LogP contribution in [0.4, 0.5) is 9.52 Å². The van der Waals surface area contributed by atoms with Crippen molar-refractivity contribution in [2.75, 3.05) is 18.1 Å². The smallest absolute Gasteiger partial charge is 0.209 e. The number of nitrogens with zero attached hydrogens (tertiary/aromatic N) is 2. The third-order valence-corrected chi connectivity index (χ3v) is 4.68. The lowest BCUT2D eigenvalue weighted by Gasteiger charge is -2.24. The summed E-state index contributed by atoms with van der Waals surface area (Å²) in [4.78, 5) is 0. The van der Waals surface area contributed by atoms with Gasteiger partial charge < -0.3 is 5.32 Å². The number of anilines is 1. The fourth-order valence-corrected chi connectivity index (χ4v) is 3.85. The van der Waals surface area contributed by atoms with Gasteiger partial charge in [-0.05, 0) is 31.5 Å². The Hall–Kier alpha value is -1.58. The van der Waals surface area contributed by atoms with Crippen LogP contribution >= 0.6 is 11.3 Å². The maximum atomic E-state index is 12.9. The van der Waals surface area contributed by atoms with E-state index in [1.807, 2.05) is 0 Å². The quantitative estimate of drug-likeness (QED) is 0.791. The Balaban J connectivity index is 1.93. The predicted molar refractivity (Wildman–Crippen MR) is 89.7 cm³/mol. The molecular formula is C14H19FN4O2S2. The van der Waals surface area contributed by atoms with Crippen molar-refractivity contribution in [3.63, 3.8) is 0 Å². The molecule has 0 fully saturated rings. The van der Waals surface area contributed by atoms with E-state index in [0.29, 0.717) is 18.1 Å². The van der Waals surface area contributed by atoms with Gasteiger partial charge in [0.2, 0.25) is 15.2 Å². The number of nitrogens with one attached hydrogen (secondary N) is 2. The predicted octanol–water partition coefficient (Wildman–Crippen LogP) is 2.01. The minimum Gasteiger partial charge on any atom is -0.358 e. The highest BCUT2D eigenvalue weighted by atomic mass is 32.2. The molecule has 2 aromatic rings. The zero-order chi connectivity index (χ0) is 17.1. The molecule has 0 spiro atoms. The zero-order valence-electron chi connectivity index (χ0n) is 13.1. The molecule has 0 amide bonds.